The number of aliphatic hydroxyl groups is 1. The Labute approximate surface area is 125 Å². The Bertz CT molecular complexity index is 649. The van der Waals surface area contributed by atoms with Crippen LogP contribution in [0.25, 0.3) is 10.2 Å². The van der Waals surface area contributed by atoms with Gasteiger partial charge in [0.05, 0.1) is 21.2 Å². The van der Waals surface area contributed by atoms with Crippen LogP contribution in [0.5, 0.6) is 5.75 Å². The average molecular weight is 308 g/mol. The molecule has 3 rings (SSSR count). The monoisotopic (exact) mass is 308 g/mol. The van der Waals surface area contributed by atoms with Crippen molar-refractivity contribution in [3.8, 4) is 5.75 Å². The maximum absolute atomic E-state index is 11.3. The quantitative estimate of drug-likeness (QED) is 0.692. The van der Waals surface area contributed by atoms with Gasteiger partial charge in [-0.2, -0.15) is 0 Å². The summed E-state index contributed by atoms with van der Waals surface area (Å²) >= 11 is 1.38. The maximum atomic E-state index is 11.3. The molecule has 2 aromatic rings. The minimum Gasteiger partial charge on any atom is -0.483 e. The number of ether oxygens (including phenoxy) is 1. The second-order valence-electron chi connectivity index (χ2n) is 5.31. The molecule has 0 atom stereocenters. The van der Waals surface area contributed by atoms with Crippen LogP contribution < -0.4 is 4.74 Å². The Morgan fingerprint density at radius 3 is 2.81 bits per heavy atom. The first-order valence-corrected chi connectivity index (χ1v) is 7.85. The second-order valence-corrected chi connectivity index (χ2v) is 6.20. The molecule has 0 unspecified atom stereocenters. The fourth-order valence-electron chi connectivity index (χ4n) is 2.78. The van der Waals surface area contributed by atoms with Gasteiger partial charge in [0.25, 0.3) is 0 Å². The van der Waals surface area contributed by atoms with Crippen molar-refractivity contribution < 1.29 is 14.8 Å². The lowest BCUT2D eigenvalue weighted by atomic mass is 9.88. The number of rotatable bonds is 4. The number of hydrogen-bond acceptors (Lipinski definition) is 6. The normalized spacial score (nSPS) is 22.3. The van der Waals surface area contributed by atoms with Gasteiger partial charge >= 0.3 is 5.69 Å². The molecule has 1 aliphatic carbocycles. The molecular formula is C14H16N2O4S. The standard InChI is InChI=1S/C14H16N2O4S/c17-7-9-1-3-10(4-2-9)20-11-5-6-12-13(15-8-21-12)14(11)16(18)19/h5-6,8-10,17H,1-4,7H2. The van der Waals surface area contributed by atoms with Gasteiger partial charge in [0.2, 0.25) is 0 Å². The molecule has 0 saturated heterocycles. The van der Waals surface area contributed by atoms with Crippen LogP contribution in [0.4, 0.5) is 5.69 Å². The number of thiazole rings is 1. The van der Waals surface area contributed by atoms with Crippen LogP contribution in [0, 0.1) is 16.0 Å². The van der Waals surface area contributed by atoms with Crippen LogP contribution in [0.15, 0.2) is 17.6 Å². The molecule has 0 spiro atoms. The summed E-state index contributed by atoms with van der Waals surface area (Å²) in [5.41, 5.74) is 1.96. The molecular weight excluding hydrogens is 292 g/mol. The number of aromatic nitrogens is 1. The van der Waals surface area contributed by atoms with E-state index in [1.807, 2.05) is 6.07 Å². The summed E-state index contributed by atoms with van der Waals surface area (Å²) in [6, 6.07) is 3.48. The van der Waals surface area contributed by atoms with E-state index in [1.165, 1.54) is 11.3 Å². The van der Waals surface area contributed by atoms with Crippen LogP contribution in [-0.2, 0) is 0 Å². The van der Waals surface area contributed by atoms with Crippen molar-refractivity contribution in [1.82, 2.24) is 4.98 Å². The van der Waals surface area contributed by atoms with Gasteiger partial charge in [-0.05, 0) is 43.7 Å². The van der Waals surface area contributed by atoms with Crippen molar-refractivity contribution in [1.29, 1.82) is 0 Å². The molecule has 1 N–H and O–H groups in total. The number of nitrogens with zero attached hydrogens (tertiary/aromatic N) is 2. The fourth-order valence-corrected chi connectivity index (χ4v) is 3.46. The smallest absolute Gasteiger partial charge is 0.337 e. The number of aliphatic hydroxyl groups excluding tert-OH is 1. The predicted octanol–water partition coefficient (Wildman–Crippen LogP) is 3.13. The third kappa shape index (κ3) is 2.84. The Morgan fingerprint density at radius 1 is 1.38 bits per heavy atom. The SMILES string of the molecule is O=[N+]([O-])c1c(OC2CCC(CO)CC2)ccc2scnc12. The summed E-state index contributed by atoms with van der Waals surface area (Å²) in [5, 5.41) is 20.5. The zero-order valence-electron chi connectivity index (χ0n) is 11.4. The van der Waals surface area contributed by atoms with Crippen LogP contribution >= 0.6 is 11.3 Å². The summed E-state index contributed by atoms with van der Waals surface area (Å²) in [4.78, 5) is 15.0. The van der Waals surface area contributed by atoms with E-state index >= 15 is 0 Å². The average Bonchev–Trinajstić information content (AvgIpc) is 2.95. The van der Waals surface area contributed by atoms with Crippen molar-refractivity contribution in [2.24, 2.45) is 5.92 Å². The van der Waals surface area contributed by atoms with Crippen LogP contribution in [-0.4, -0.2) is 27.7 Å². The third-order valence-corrected chi connectivity index (χ3v) is 4.76. The molecule has 1 fully saturated rings. The number of benzene rings is 1. The molecule has 112 valence electrons. The Kier molecular flexibility index (Phi) is 4.03. The molecule has 1 heterocycles. The third-order valence-electron chi connectivity index (χ3n) is 3.97. The molecule has 0 radical (unpaired) electrons. The fraction of sp³-hybridized carbons (Fsp3) is 0.500. The van der Waals surface area contributed by atoms with E-state index in [1.54, 1.807) is 11.6 Å². The summed E-state index contributed by atoms with van der Waals surface area (Å²) in [5.74, 6) is 0.631. The maximum Gasteiger partial charge on any atom is 0.337 e. The zero-order chi connectivity index (χ0) is 14.8. The van der Waals surface area contributed by atoms with Crippen molar-refractivity contribution >= 4 is 27.2 Å². The molecule has 7 heteroatoms. The molecule has 1 aliphatic rings. The number of hydrogen-bond donors (Lipinski definition) is 1. The number of nitro groups is 1. The van der Waals surface area contributed by atoms with Crippen LogP contribution in [0.3, 0.4) is 0 Å². The van der Waals surface area contributed by atoms with Gasteiger partial charge in [0.1, 0.15) is 0 Å². The van der Waals surface area contributed by atoms with Gasteiger partial charge in [-0.3, -0.25) is 10.1 Å². The summed E-state index contributed by atoms with van der Waals surface area (Å²) < 4.78 is 6.65. The van der Waals surface area contributed by atoms with Crippen molar-refractivity contribution in [3.05, 3.63) is 27.8 Å². The molecule has 0 amide bonds. The van der Waals surface area contributed by atoms with Gasteiger partial charge < -0.3 is 9.84 Å². The van der Waals surface area contributed by atoms with Crippen molar-refractivity contribution in [2.45, 2.75) is 31.8 Å². The van der Waals surface area contributed by atoms with Gasteiger partial charge in [-0.1, -0.05) is 0 Å². The van der Waals surface area contributed by atoms with E-state index in [0.29, 0.717) is 17.2 Å². The highest BCUT2D eigenvalue weighted by atomic mass is 32.1. The highest BCUT2D eigenvalue weighted by Crippen LogP contribution is 2.38. The van der Waals surface area contributed by atoms with E-state index in [-0.39, 0.29) is 18.4 Å². The largest absolute Gasteiger partial charge is 0.483 e. The highest BCUT2D eigenvalue weighted by Gasteiger charge is 2.27. The molecule has 1 aromatic heterocycles. The zero-order valence-corrected chi connectivity index (χ0v) is 12.2. The van der Waals surface area contributed by atoms with Gasteiger partial charge in [-0.15, -0.1) is 11.3 Å². The first-order valence-electron chi connectivity index (χ1n) is 6.97. The van der Waals surface area contributed by atoms with Gasteiger partial charge in [0, 0.05) is 6.61 Å². The van der Waals surface area contributed by atoms with E-state index < -0.39 is 4.92 Å². The lowest BCUT2D eigenvalue weighted by Gasteiger charge is -2.27. The number of nitro benzene ring substituents is 1. The molecule has 0 bridgehead atoms. The molecule has 0 aliphatic heterocycles. The molecule has 1 aromatic carbocycles. The number of fused-ring (bicyclic) bond motifs is 1. The Hall–Kier alpha value is -1.73. The summed E-state index contributed by atoms with van der Waals surface area (Å²) in [6.07, 6.45) is 3.40. The topological polar surface area (TPSA) is 85.5 Å². The van der Waals surface area contributed by atoms with E-state index in [9.17, 15) is 10.1 Å². The first-order chi connectivity index (χ1) is 10.2. The molecule has 21 heavy (non-hydrogen) atoms. The van der Waals surface area contributed by atoms with E-state index in [2.05, 4.69) is 4.98 Å². The minimum atomic E-state index is -0.420. The van der Waals surface area contributed by atoms with E-state index in [0.717, 1.165) is 30.4 Å². The molecule has 1 saturated carbocycles. The lowest BCUT2D eigenvalue weighted by Crippen LogP contribution is -2.25. The highest BCUT2D eigenvalue weighted by molar-refractivity contribution is 7.16. The minimum absolute atomic E-state index is 0.0254. The van der Waals surface area contributed by atoms with Crippen LogP contribution in [0.2, 0.25) is 0 Å². The lowest BCUT2D eigenvalue weighted by molar-refractivity contribution is -0.384. The summed E-state index contributed by atoms with van der Waals surface area (Å²) in [7, 11) is 0. The summed E-state index contributed by atoms with van der Waals surface area (Å²) in [6.45, 7) is 0.206. The Balaban J connectivity index is 1.84. The van der Waals surface area contributed by atoms with E-state index in [4.69, 9.17) is 9.84 Å². The van der Waals surface area contributed by atoms with Crippen LogP contribution in [0.1, 0.15) is 25.7 Å². The van der Waals surface area contributed by atoms with Gasteiger partial charge in [-0.25, -0.2) is 4.98 Å². The molecule has 6 nitrogen and oxygen atoms in total. The van der Waals surface area contributed by atoms with Gasteiger partial charge in [0.15, 0.2) is 11.3 Å². The second kappa shape index (κ2) is 5.95. The van der Waals surface area contributed by atoms with Crippen molar-refractivity contribution in [3.63, 3.8) is 0 Å². The first kappa shape index (κ1) is 14.2. The predicted molar refractivity (Wildman–Crippen MR) is 79.7 cm³/mol. The Morgan fingerprint density at radius 2 is 2.14 bits per heavy atom. The van der Waals surface area contributed by atoms with Crippen molar-refractivity contribution in [2.75, 3.05) is 6.61 Å².